The molecule has 3 unspecified atom stereocenters. The fourth-order valence-electron chi connectivity index (χ4n) is 2.34. The standard InChI is InChI=1S/C11H16N3O14P3/c1-2-5-3-14(11(17)13-9(5)12)10-8(16)7(15)6(26-10)4-25-30(21,22)28-31(23,24)27-29(18,19)20/h1,3,6-8,10,15-16H,4H2,(H,21,22)(H,23,24)(H2,12,13,17)(H2,18,19,20)/t6-,7+,8?,10-/m1/s1. The SMILES string of the molecule is C#Cc1cn([C@@H]2O[C@H](COP(=O)(O)OP(=O)(O)OP(=O)(O)O)[C@H](O)C2O)c(=O)nc1N. The predicted molar refractivity (Wildman–Crippen MR) is 96.6 cm³/mol. The molecule has 8 N–H and O–H groups in total. The Labute approximate surface area is 172 Å². The third kappa shape index (κ3) is 6.75. The molecule has 0 amide bonds. The van der Waals surface area contributed by atoms with E-state index >= 15 is 0 Å². The van der Waals surface area contributed by atoms with E-state index < -0.39 is 60.3 Å². The summed E-state index contributed by atoms with van der Waals surface area (Å²) >= 11 is 0. The Morgan fingerprint density at radius 3 is 2.32 bits per heavy atom. The average Bonchev–Trinajstić information content (AvgIpc) is 2.85. The van der Waals surface area contributed by atoms with Gasteiger partial charge in [-0.3, -0.25) is 9.09 Å². The Hall–Kier alpha value is -1.47. The molecular formula is C11H16N3O14P3. The number of ether oxygens (including phenoxy) is 1. The first kappa shape index (κ1) is 25.8. The van der Waals surface area contributed by atoms with Crippen molar-refractivity contribution in [2.24, 2.45) is 0 Å². The van der Waals surface area contributed by atoms with E-state index in [4.69, 9.17) is 31.6 Å². The van der Waals surface area contributed by atoms with E-state index in [1.807, 2.05) is 0 Å². The molecule has 2 rings (SSSR count). The van der Waals surface area contributed by atoms with Crippen molar-refractivity contribution >= 4 is 29.3 Å². The first-order valence-electron chi connectivity index (χ1n) is 7.70. The number of hydrogen-bond acceptors (Lipinski definition) is 12. The Morgan fingerprint density at radius 2 is 1.77 bits per heavy atom. The van der Waals surface area contributed by atoms with Crippen LogP contribution in [0, 0.1) is 12.3 Å². The molecule has 31 heavy (non-hydrogen) atoms. The van der Waals surface area contributed by atoms with Crippen molar-refractivity contribution in [2.45, 2.75) is 24.5 Å². The van der Waals surface area contributed by atoms with Crippen molar-refractivity contribution in [2.75, 3.05) is 12.3 Å². The molecule has 17 nitrogen and oxygen atoms in total. The lowest BCUT2D eigenvalue weighted by atomic mass is 10.1. The average molecular weight is 507 g/mol. The van der Waals surface area contributed by atoms with Crippen LogP contribution in [0.2, 0.25) is 0 Å². The zero-order valence-corrected chi connectivity index (χ0v) is 17.6. The third-order valence-electron chi connectivity index (χ3n) is 3.57. The molecule has 1 fully saturated rings. The minimum atomic E-state index is -5.74. The molecule has 174 valence electrons. The summed E-state index contributed by atoms with van der Waals surface area (Å²) in [5.41, 5.74) is 4.41. The molecule has 20 heteroatoms. The number of aliphatic hydroxyl groups is 2. The molecule has 1 saturated heterocycles. The number of nitrogens with two attached hydrogens (primary N) is 1. The fourth-order valence-corrected chi connectivity index (χ4v) is 5.37. The molecule has 0 aliphatic carbocycles. The van der Waals surface area contributed by atoms with E-state index in [1.54, 1.807) is 0 Å². The van der Waals surface area contributed by atoms with Crippen molar-refractivity contribution in [3.05, 3.63) is 22.2 Å². The first-order chi connectivity index (χ1) is 14.1. The summed E-state index contributed by atoms with van der Waals surface area (Å²) in [6.07, 6.45) is -0.559. The van der Waals surface area contributed by atoms with Crippen molar-refractivity contribution in [1.29, 1.82) is 0 Å². The van der Waals surface area contributed by atoms with Crippen LogP contribution in [0.4, 0.5) is 5.82 Å². The lowest BCUT2D eigenvalue weighted by Crippen LogP contribution is -2.36. The van der Waals surface area contributed by atoms with Crippen LogP contribution >= 0.6 is 23.5 Å². The van der Waals surface area contributed by atoms with E-state index in [9.17, 15) is 33.6 Å². The summed E-state index contributed by atoms with van der Waals surface area (Å²) in [5, 5.41) is 20.2. The van der Waals surface area contributed by atoms with Crippen LogP contribution in [0.3, 0.4) is 0 Å². The van der Waals surface area contributed by atoms with Crippen LogP contribution in [0.5, 0.6) is 0 Å². The number of nitrogens with zero attached hydrogens (tertiary/aromatic N) is 2. The van der Waals surface area contributed by atoms with Crippen molar-refractivity contribution in [3.63, 3.8) is 0 Å². The lowest BCUT2D eigenvalue weighted by molar-refractivity contribution is -0.0541. The van der Waals surface area contributed by atoms with E-state index in [2.05, 4.69) is 24.0 Å². The van der Waals surface area contributed by atoms with Gasteiger partial charge in [0.2, 0.25) is 0 Å². The van der Waals surface area contributed by atoms with E-state index in [0.29, 0.717) is 4.57 Å². The van der Waals surface area contributed by atoms with Crippen LogP contribution in [0.25, 0.3) is 0 Å². The van der Waals surface area contributed by atoms with Gasteiger partial charge in [0.25, 0.3) is 0 Å². The highest BCUT2D eigenvalue weighted by molar-refractivity contribution is 7.66. The number of rotatable bonds is 8. The maximum atomic E-state index is 12.0. The molecule has 1 aromatic heterocycles. The van der Waals surface area contributed by atoms with Crippen LogP contribution in [-0.2, 0) is 31.6 Å². The number of aromatic nitrogens is 2. The maximum absolute atomic E-state index is 12.0. The molecule has 2 heterocycles. The molecule has 0 bridgehead atoms. The van der Waals surface area contributed by atoms with Gasteiger partial charge in [-0.2, -0.15) is 13.6 Å². The number of phosphoric ester groups is 1. The summed E-state index contributed by atoms with van der Waals surface area (Å²) in [4.78, 5) is 50.9. The largest absolute Gasteiger partial charge is 0.490 e. The summed E-state index contributed by atoms with van der Waals surface area (Å²) in [6.45, 7) is -1.06. The van der Waals surface area contributed by atoms with E-state index in [1.165, 1.54) is 0 Å². The zero-order valence-electron chi connectivity index (χ0n) is 14.9. The van der Waals surface area contributed by atoms with Crippen molar-refractivity contribution in [1.82, 2.24) is 9.55 Å². The predicted octanol–water partition coefficient (Wildman–Crippen LogP) is -2.23. The van der Waals surface area contributed by atoms with Crippen LogP contribution in [0.15, 0.2) is 11.0 Å². The molecule has 0 radical (unpaired) electrons. The van der Waals surface area contributed by atoms with Gasteiger partial charge < -0.3 is 40.3 Å². The lowest BCUT2D eigenvalue weighted by Gasteiger charge is -2.19. The highest BCUT2D eigenvalue weighted by atomic mass is 31.3. The van der Waals surface area contributed by atoms with E-state index in [-0.39, 0.29) is 11.4 Å². The zero-order chi connectivity index (χ0) is 23.8. The highest BCUT2D eigenvalue weighted by Crippen LogP contribution is 2.66. The van der Waals surface area contributed by atoms with Crippen LogP contribution in [-0.4, -0.2) is 64.3 Å². The van der Waals surface area contributed by atoms with Gasteiger partial charge in [-0.05, 0) is 0 Å². The molecule has 0 spiro atoms. The Balaban J connectivity index is 2.12. The van der Waals surface area contributed by atoms with Crippen molar-refractivity contribution in [3.8, 4) is 12.3 Å². The molecule has 6 atom stereocenters. The molecule has 1 aliphatic heterocycles. The second-order valence-corrected chi connectivity index (χ2v) is 10.2. The minimum Gasteiger partial charge on any atom is -0.387 e. The number of phosphoric acid groups is 3. The monoisotopic (exact) mass is 507 g/mol. The van der Waals surface area contributed by atoms with Gasteiger partial charge in [0.1, 0.15) is 24.1 Å². The summed E-state index contributed by atoms with van der Waals surface area (Å²) < 4.78 is 50.9. The quantitative estimate of drug-likeness (QED) is 0.145. The second-order valence-electron chi connectivity index (χ2n) is 5.81. The summed E-state index contributed by atoms with van der Waals surface area (Å²) in [6, 6.07) is 0. The van der Waals surface area contributed by atoms with Gasteiger partial charge in [0.05, 0.1) is 12.2 Å². The van der Waals surface area contributed by atoms with Crippen LogP contribution in [0.1, 0.15) is 11.8 Å². The summed E-state index contributed by atoms with van der Waals surface area (Å²) in [5.74, 6) is 1.85. The highest BCUT2D eigenvalue weighted by Gasteiger charge is 2.46. The minimum absolute atomic E-state index is 0.0402. The third-order valence-corrected chi connectivity index (χ3v) is 7.37. The Morgan fingerprint density at radius 1 is 1.16 bits per heavy atom. The molecular weight excluding hydrogens is 491 g/mol. The number of hydrogen-bond donors (Lipinski definition) is 7. The fraction of sp³-hybridized carbons (Fsp3) is 0.455. The molecule has 1 aromatic rings. The van der Waals surface area contributed by atoms with Gasteiger partial charge in [-0.15, -0.1) is 6.42 Å². The van der Waals surface area contributed by atoms with Gasteiger partial charge in [0, 0.05) is 6.20 Å². The number of terminal acetylenes is 1. The normalized spacial score (nSPS) is 27.9. The maximum Gasteiger partial charge on any atom is 0.490 e. The smallest absolute Gasteiger partial charge is 0.387 e. The molecule has 0 aromatic carbocycles. The van der Waals surface area contributed by atoms with E-state index in [0.717, 1.165) is 6.20 Å². The number of anilines is 1. The second kappa shape index (κ2) is 9.18. The van der Waals surface area contributed by atoms with Gasteiger partial charge in [-0.1, -0.05) is 5.92 Å². The van der Waals surface area contributed by atoms with Crippen molar-refractivity contribution < 1.29 is 61.4 Å². The first-order valence-corrected chi connectivity index (χ1v) is 12.2. The summed E-state index contributed by atoms with van der Waals surface area (Å²) in [7, 11) is -16.8. The number of nitrogen functional groups attached to an aromatic ring is 1. The topological polar surface area (TPSA) is 270 Å². The van der Waals surface area contributed by atoms with Gasteiger partial charge >= 0.3 is 29.2 Å². The number of aliphatic hydroxyl groups excluding tert-OH is 2. The Kier molecular flexibility index (Phi) is 7.64. The Bertz CT molecular complexity index is 1080. The van der Waals surface area contributed by atoms with Gasteiger partial charge in [0.15, 0.2) is 6.23 Å². The molecule has 1 aliphatic rings. The van der Waals surface area contributed by atoms with Crippen LogP contribution < -0.4 is 11.4 Å². The molecule has 0 saturated carbocycles. The van der Waals surface area contributed by atoms with Gasteiger partial charge in [-0.25, -0.2) is 18.5 Å².